The zero-order valence-electron chi connectivity index (χ0n) is 16.1. The molecule has 1 aliphatic heterocycles. The Morgan fingerprint density at radius 2 is 1.86 bits per heavy atom. The van der Waals surface area contributed by atoms with Gasteiger partial charge in [-0.05, 0) is 37.6 Å². The lowest BCUT2D eigenvalue weighted by Crippen LogP contribution is -2.49. The third-order valence-electron chi connectivity index (χ3n) is 5.58. The van der Waals surface area contributed by atoms with E-state index < -0.39 is 12.0 Å². The first kappa shape index (κ1) is 19.0. The van der Waals surface area contributed by atoms with Crippen molar-refractivity contribution < 1.29 is 9.90 Å². The molecule has 0 aliphatic carbocycles. The lowest BCUT2D eigenvalue weighted by Gasteiger charge is -2.39. The molecule has 2 N–H and O–H groups in total. The van der Waals surface area contributed by atoms with Crippen molar-refractivity contribution in [2.24, 2.45) is 0 Å². The van der Waals surface area contributed by atoms with Gasteiger partial charge in [-0.1, -0.05) is 39.7 Å². The molecule has 146 valence electrons. The van der Waals surface area contributed by atoms with Crippen LogP contribution in [0, 0.1) is 13.8 Å². The van der Waals surface area contributed by atoms with E-state index >= 15 is 0 Å². The number of aryl methyl sites for hydroxylation is 2. The number of hydrogen-bond acceptors (Lipinski definition) is 3. The van der Waals surface area contributed by atoms with Crippen molar-refractivity contribution in [2.75, 3.05) is 31.1 Å². The molecular formula is C22H24BrN3O2. The Bertz CT molecular complexity index is 1020. The molecule has 2 heterocycles. The Morgan fingerprint density at radius 1 is 1.11 bits per heavy atom. The molecule has 0 spiro atoms. The first-order valence-electron chi connectivity index (χ1n) is 9.49. The molecule has 0 radical (unpaired) electrons. The van der Waals surface area contributed by atoms with Crippen LogP contribution in [-0.2, 0) is 4.79 Å². The first-order chi connectivity index (χ1) is 13.4. The first-order valence-corrected chi connectivity index (χ1v) is 10.3. The molecule has 2 aromatic carbocycles. The van der Waals surface area contributed by atoms with Crippen molar-refractivity contribution in [2.45, 2.75) is 19.9 Å². The van der Waals surface area contributed by atoms with E-state index in [0.717, 1.165) is 34.0 Å². The number of hydrogen-bond donors (Lipinski definition) is 2. The second-order valence-corrected chi connectivity index (χ2v) is 8.40. The summed E-state index contributed by atoms with van der Waals surface area (Å²) in [5.41, 5.74) is 5.55. The van der Waals surface area contributed by atoms with E-state index in [1.807, 2.05) is 24.4 Å². The fourth-order valence-corrected chi connectivity index (χ4v) is 4.58. The van der Waals surface area contributed by atoms with Gasteiger partial charge in [-0.15, -0.1) is 0 Å². The number of halogens is 1. The van der Waals surface area contributed by atoms with Crippen LogP contribution in [0.15, 0.2) is 47.1 Å². The summed E-state index contributed by atoms with van der Waals surface area (Å²) in [6.07, 6.45) is 1.84. The monoisotopic (exact) mass is 441 g/mol. The molecule has 1 fully saturated rings. The minimum atomic E-state index is -0.802. The van der Waals surface area contributed by atoms with Crippen molar-refractivity contribution in [3.63, 3.8) is 0 Å². The lowest BCUT2D eigenvalue weighted by atomic mass is 10.0. The SMILES string of the molecule is Cc1ccc(N2CCN([C@H](C(=O)O)c3c[nH]c4cc(Br)ccc34)CC2)c(C)c1. The Labute approximate surface area is 173 Å². The van der Waals surface area contributed by atoms with Crippen molar-refractivity contribution in [1.82, 2.24) is 9.88 Å². The van der Waals surface area contributed by atoms with Gasteiger partial charge in [0.1, 0.15) is 6.04 Å². The number of aromatic nitrogens is 1. The summed E-state index contributed by atoms with van der Waals surface area (Å²) < 4.78 is 0.974. The third-order valence-corrected chi connectivity index (χ3v) is 6.07. The number of piperazine rings is 1. The molecule has 0 amide bonds. The molecular weight excluding hydrogens is 418 g/mol. The maximum atomic E-state index is 12.2. The van der Waals surface area contributed by atoms with Gasteiger partial charge in [-0.3, -0.25) is 9.69 Å². The summed E-state index contributed by atoms with van der Waals surface area (Å²) in [6, 6.07) is 11.8. The van der Waals surface area contributed by atoms with E-state index in [0.29, 0.717) is 13.1 Å². The average molecular weight is 442 g/mol. The minimum Gasteiger partial charge on any atom is -0.480 e. The predicted octanol–water partition coefficient (Wildman–Crippen LogP) is 4.50. The van der Waals surface area contributed by atoms with Gasteiger partial charge in [0.15, 0.2) is 0 Å². The molecule has 0 unspecified atom stereocenters. The molecule has 4 rings (SSSR count). The van der Waals surface area contributed by atoms with E-state index in [-0.39, 0.29) is 0 Å². The number of fused-ring (bicyclic) bond motifs is 1. The topological polar surface area (TPSA) is 59.6 Å². The summed E-state index contributed by atoms with van der Waals surface area (Å²) in [5.74, 6) is -0.802. The van der Waals surface area contributed by atoms with Gasteiger partial charge in [-0.25, -0.2) is 0 Å². The fraction of sp³-hybridized carbons (Fsp3) is 0.318. The maximum absolute atomic E-state index is 12.2. The van der Waals surface area contributed by atoms with Crippen molar-refractivity contribution >= 4 is 38.5 Å². The second-order valence-electron chi connectivity index (χ2n) is 7.49. The molecule has 28 heavy (non-hydrogen) atoms. The number of nitrogens with zero attached hydrogens (tertiary/aromatic N) is 2. The van der Waals surface area contributed by atoms with Gasteiger partial charge in [0, 0.05) is 59.0 Å². The van der Waals surface area contributed by atoms with E-state index in [9.17, 15) is 9.90 Å². The van der Waals surface area contributed by atoms with E-state index in [1.54, 1.807) is 0 Å². The highest BCUT2D eigenvalue weighted by molar-refractivity contribution is 9.10. The highest BCUT2D eigenvalue weighted by Gasteiger charge is 2.32. The van der Waals surface area contributed by atoms with Gasteiger partial charge in [-0.2, -0.15) is 0 Å². The van der Waals surface area contributed by atoms with Gasteiger partial charge in [0.05, 0.1) is 0 Å². The lowest BCUT2D eigenvalue weighted by molar-refractivity contribution is -0.143. The molecule has 6 heteroatoms. The largest absolute Gasteiger partial charge is 0.480 e. The number of nitrogens with one attached hydrogen (secondary N) is 1. The van der Waals surface area contributed by atoms with Crippen LogP contribution in [0.25, 0.3) is 10.9 Å². The normalized spacial score (nSPS) is 16.5. The standard InChI is InChI=1S/C22H24BrN3O2/c1-14-3-6-20(15(2)11-14)25-7-9-26(10-8-25)21(22(27)28)18-13-24-19-12-16(23)4-5-17(18)19/h3-6,11-13,21,24H,7-10H2,1-2H3,(H,27,28)/t21-/m0/s1. The number of rotatable bonds is 4. The maximum Gasteiger partial charge on any atom is 0.325 e. The summed E-state index contributed by atoms with van der Waals surface area (Å²) >= 11 is 3.47. The summed E-state index contributed by atoms with van der Waals surface area (Å²) in [7, 11) is 0. The van der Waals surface area contributed by atoms with Crippen LogP contribution in [-0.4, -0.2) is 47.1 Å². The quantitative estimate of drug-likeness (QED) is 0.625. The van der Waals surface area contributed by atoms with E-state index in [2.05, 4.69) is 62.8 Å². The molecule has 1 atom stereocenters. The highest BCUT2D eigenvalue weighted by Crippen LogP contribution is 2.32. The Kier molecular flexibility index (Phi) is 5.17. The Balaban J connectivity index is 1.56. The zero-order valence-corrected chi connectivity index (χ0v) is 17.7. The van der Waals surface area contributed by atoms with Crippen LogP contribution in [0.1, 0.15) is 22.7 Å². The number of carboxylic acid groups (broad SMARTS) is 1. The predicted molar refractivity (Wildman–Crippen MR) is 116 cm³/mol. The van der Waals surface area contributed by atoms with Gasteiger partial charge in [0.25, 0.3) is 0 Å². The second kappa shape index (κ2) is 7.60. The Hall–Kier alpha value is -2.31. The third kappa shape index (κ3) is 3.54. The van der Waals surface area contributed by atoms with Gasteiger partial charge in [0.2, 0.25) is 0 Å². The van der Waals surface area contributed by atoms with Crippen LogP contribution in [0.3, 0.4) is 0 Å². The molecule has 1 aromatic heterocycles. The fourth-order valence-electron chi connectivity index (χ4n) is 4.21. The summed E-state index contributed by atoms with van der Waals surface area (Å²) in [6.45, 7) is 7.31. The number of benzene rings is 2. The smallest absolute Gasteiger partial charge is 0.325 e. The summed E-state index contributed by atoms with van der Waals surface area (Å²) in [5, 5.41) is 11.0. The van der Waals surface area contributed by atoms with Gasteiger partial charge >= 0.3 is 5.97 Å². The van der Waals surface area contributed by atoms with Gasteiger partial charge < -0.3 is 15.0 Å². The Morgan fingerprint density at radius 3 is 2.54 bits per heavy atom. The molecule has 0 bridgehead atoms. The van der Waals surface area contributed by atoms with Crippen molar-refractivity contribution in [3.8, 4) is 0 Å². The molecule has 1 saturated heterocycles. The van der Waals surface area contributed by atoms with Crippen molar-refractivity contribution in [1.29, 1.82) is 0 Å². The van der Waals surface area contributed by atoms with Crippen LogP contribution in [0.5, 0.6) is 0 Å². The number of H-pyrrole nitrogens is 1. The molecule has 5 nitrogen and oxygen atoms in total. The van der Waals surface area contributed by atoms with Crippen molar-refractivity contribution in [3.05, 3.63) is 63.8 Å². The zero-order chi connectivity index (χ0) is 19.8. The number of aromatic amines is 1. The number of carbonyl (C=O) groups is 1. The van der Waals surface area contributed by atoms with Crippen LogP contribution < -0.4 is 4.90 Å². The van der Waals surface area contributed by atoms with Crippen LogP contribution >= 0.6 is 15.9 Å². The van der Waals surface area contributed by atoms with E-state index in [1.165, 1.54) is 16.8 Å². The minimum absolute atomic E-state index is 0.642. The molecule has 1 aliphatic rings. The number of anilines is 1. The number of carboxylic acids is 1. The summed E-state index contributed by atoms with van der Waals surface area (Å²) in [4.78, 5) is 19.8. The highest BCUT2D eigenvalue weighted by atomic mass is 79.9. The van der Waals surface area contributed by atoms with E-state index in [4.69, 9.17) is 0 Å². The van der Waals surface area contributed by atoms with Crippen LogP contribution in [0.2, 0.25) is 0 Å². The molecule has 0 saturated carbocycles. The molecule has 3 aromatic rings. The number of aliphatic carboxylic acids is 1. The average Bonchev–Trinajstić information content (AvgIpc) is 3.05. The van der Waals surface area contributed by atoms with Crippen LogP contribution in [0.4, 0.5) is 5.69 Å².